The highest BCUT2D eigenvalue weighted by molar-refractivity contribution is 5.80. The molecule has 0 fully saturated rings. The predicted octanol–water partition coefficient (Wildman–Crippen LogP) is 2.15. The zero-order chi connectivity index (χ0) is 12.4. The van der Waals surface area contributed by atoms with E-state index in [9.17, 15) is 4.39 Å². The van der Waals surface area contributed by atoms with E-state index in [0.717, 1.165) is 12.1 Å². The summed E-state index contributed by atoms with van der Waals surface area (Å²) in [6.45, 7) is 5.72. The molecule has 4 heteroatoms. The molecule has 0 aliphatic carbocycles. The van der Waals surface area contributed by atoms with Gasteiger partial charge in [-0.15, -0.1) is 0 Å². The van der Waals surface area contributed by atoms with E-state index in [2.05, 4.69) is 23.7 Å². The Labute approximate surface area is 101 Å². The van der Waals surface area contributed by atoms with Crippen LogP contribution < -0.4 is 5.73 Å². The van der Waals surface area contributed by atoms with Crippen LogP contribution >= 0.6 is 0 Å². The Hall–Kier alpha value is -1.58. The molecule has 1 aliphatic heterocycles. The molecule has 1 heterocycles. The molecule has 1 atom stereocenters. The van der Waals surface area contributed by atoms with Crippen LogP contribution in [0.25, 0.3) is 0 Å². The number of benzene rings is 1. The van der Waals surface area contributed by atoms with Crippen LogP contribution in [-0.2, 0) is 0 Å². The zero-order valence-electron chi connectivity index (χ0n) is 10.2. The van der Waals surface area contributed by atoms with Gasteiger partial charge in [0, 0.05) is 6.54 Å². The van der Waals surface area contributed by atoms with Crippen LogP contribution in [0.2, 0.25) is 0 Å². The molecule has 0 aromatic heterocycles. The van der Waals surface area contributed by atoms with E-state index in [1.165, 1.54) is 6.07 Å². The second-order valence-electron chi connectivity index (χ2n) is 4.82. The standard InChI is InChI=1S/C13H18FN3/c1-9(2)8-17-12(7-16-13(17)15)10-4-3-5-11(14)6-10/h3-6,9,12H,7-8H2,1-2H3,(H2,15,16). The molecule has 0 spiro atoms. The third kappa shape index (κ3) is 2.57. The Morgan fingerprint density at radius 3 is 2.94 bits per heavy atom. The maximum absolute atomic E-state index is 13.2. The Bertz CT molecular complexity index is 428. The normalized spacial score (nSPS) is 19.9. The van der Waals surface area contributed by atoms with Crippen molar-refractivity contribution in [3.05, 3.63) is 35.6 Å². The van der Waals surface area contributed by atoms with Gasteiger partial charge in [0.1, 0.15) is 5.82 Å². The summed E-state index contributed by atoms with van der Waals surface area (Å²) in [7, 11) is 0. The number of aliphatic imine (C=N–C) groups is 1. The van der Waals surface area contributed by atoms with Crippen molar-refractivity contribution in [2.45, 2.75) is 19.9 Å². The molecule has 0 bridgehead atoms. The highest BCUT2D eigenvalue weighted by Gasteiger charge is 2.27. The van der Waals surface area contributed by atoms with Crippen molar-refractivity contribution < 1.29 is 4.39 Å². The van der Waals surface area contributed by atoms with Crippen LogP contribution in [0, 0.1) is 11.7 Å². The molecule has 1 unspecified atom stereocenters. The van der Waals surface area contributed by atoms with Gasteiger partial charge in [0.15, 0.2) is 5.96 Å². The van der Waals surface area contributed by atoms with Gasteiger partial charge >= 0.3 is 0 Å². The third-order valence-corrected chi connectivity index (χ3v) is 2.89. The molecular weight excluding hydrogens is 217 g/mol. The summed E-state index contributed by atoms with van der Waals surface area (Å²) in [4.78, 5) is 6.31. The van der Waals surface area contributed by atoms with Gasteiger partial charge < -0.3 is 10.6 Å². The van der Waals surface area contributed by atoms with Crippen molar-refractivity contribution in [3.8, 4) is 0 Å². The topological polar surface area (TPSA) is 41.6 Å². The lowest BCUT2D eigenvalue weighted by Gasteiger charge is -2.28. The second-order valence-corrected chi connectivity index (χ2v) is 4.82. The van der Waals surface area contributed by atoms with Crippen LogP contribution in [-0.4, -0.2) is 23.9 Å². The minimum Gasteiger partial charge on any atom is -0.370 e. The molecule has 1 aromatic carbocycles. The summed E-state index contributed by atoms with van der Waals surface area (Å²) in [6, 6.07) is 6.75. The predicted molar refractivity (Wildman–Crippen MR) is 67.2 cm³/mol. The first kappa shape index (κ1) is 11.9. The average molecular weight is 235 g/mol. The smallest absolute Gasteiger partial charge is 0.191 e. The van der Waals surface area contributed by atoms with Crippen LogP contribution in [0.4, 0.5) is 4.39 Å². The van der Waals surface area contributed by atoms with E-state index in [0.29, 0.717) is 18.4 Å². The Morgan fingerprint density at radius 2 is 2.29 bits per heavy atom. The summed E-state index contributed by atoms with van der Waals surface area (Å²) in [5.74, 6) is 0.850. The highest BCUT2D eigenvalue weighted by Crippen LogP contribution is 2.26. The van der Waals surface area contributed by atoms with Crippen LogP contribution in [0.5, 0.6) is 0 Å². The molecule has 0 saturated carbocycles. The van der Waals surface area contributed by atoms with Crippen molar-refractivity contribution in [2.24, 2.45) is 16.6 Å². The SMILES string of the molecule is CC(C)CN1C(N)=NCC1c1cccc(F)c1. The Kier molecular flexibility index (Phi) is 3.31. The summed E-state index contributed by atoms with van der Waals surface area (Å²) >= 11 is 0. The van der Waals surface area contributed by atoms with Crippen molar-refractivity contribution in [1.82, 2.24) is 4.90 Å². The molecule has 0 amide bonds. The van der Waals surface area contributed by atoms with Crippen molar-refractivity contribution in [1.29, 1.82) is 0 Å². The molecule has 1 aliphatic rings. The van der Waals surface area contributed by atoms with Crippen LogP contribution in [0.3, 0.4) is 0 Å². The molecule has 0 radical (unpaired) electrons. The number of nitrogens with zero attached hydrogens (tertiary/aromatic N) is 2. The van der Waals surface area contributed by atoms with E-state index in [1.807, 2.05) is 6.07 Å². The maximum Gasteiger partial charge on any atom is 0.191 e. The first-order chi connectivity index (χ1) is 8.08. The Balaban J connectivity index is 2.21. The van der Waals surface area contributed by atoms with E-state index in [4.69, 9.17) is 5.73 Å². The van der Waals surface area contributed by atoms with E-state index in [1.54, 1.807) is 12.1 Å². The summed E-state index contributed by atoms with van der Waals surface area (Å²) in [6.07, 6.45) is 0. The van der Waals surface area contributed by atoms with Crippen molar-refractivity contribution >= 4 is 5.96 Å². The molecule has 2 N–H and O–H groups in total. The lowest BCUT2D eigenvalue weighted by Crippen LogP contribution is -2.38. The highest BCUT2D eigenvalue weighted by atomic mass is 19.1. The molecule has 17 heavy (non-hydrogen) atoms. The molecule has 1 aromatic rings. The lowest BCUT2D eigenvalue weighted by molar-refractivity contribution is 0.309. The van der Waals surface area contributed by atoms with Gasteiger partial charge in [0.2, 0.25) is 0 Å². The number of nitrogens with two attached hydrogens (primary N) is 1. The van der Waals surface area contributed by atoms with Gasteiger partial charge in [-0.05, 0) is 23.6 Å². The van der Waals surface area contributed by atoms with E-state index < -0.39 is 0 Å². The fourth-order valence-electron chi connectivity index (χ4n) is 2.14. The van der Waals surface area contributed by atoms with Gasteiger partial charge in [-0.25, -0.2) is 4.39 Å². The van der Waals surface area contributed by atoms with Gasteiger partial charge in [-0.2, -0.15) is 0 Å². The van der Waals surface area contributed by atoms with Crippen LogP contribution in [0.15, 0.2) is 29.3 Å². The molecule has 92 valence electrons. The van der Waals surface area contributed by atoms with Gasteiger partial charge in [0.05, 0.1) is 12.6 Å². The van der Waals surface area contributed by atoms with Gasteiger partial charge in [0.25, 0.3) is 0 Å². The Morgan fingerprint density at radius 1 is 1.53 bits per heavy atom. The fraction of sp³-hybridized carbons (Fsp3) is 0.462. The average Bonchev–Trinajstić information content (AvgIpc) is 2.60. The van der Waals surface area contributed by atoms with Crippen molar-refractivity contribution in [2.75, 3.05) is 13.1 Å². The molecule has 0 saturated heterocycles. The molecule has 2 rings (SSSR count). The molecular formula is C13H18FN3. The van der Waals surface area contributed by atoms with E-state index in [-0.39, 0.29) is 11.9 Å². The van der Waals surface area contributed by atoms with Crippen molar-refractivity contribution in [3.63, 3.8) is 0 Å². The summed E-state index contributed by atoms with van der Waals surface area (Å²) in [5, 5.41) is 0. The van der Waals surface area contributed by atoms with Crippen LogP contribution in [0.1, 0.15) is 25.5 Å². The largest absolute Gasteiger partial charge is 0.370 e. The molecule has 3 nitrogen and oxygen atoms in total. The minimum atomic E-state index is -0.211. The van der Waals surface area contributed by atoms with Gasteiger partial charge in [-0.1, -0.05) is 26.0 Å². The number of guanidine groups is 1. The maximum atomic E-state index is 13.2. The zero-order valence-corrected chi connectivity index (χ0v) is 10.2. The third-order valence-electron chi connectivity index (χ3n) is 2.89. The number of hydrogen-bond donors (Lipinski definition) is 1. The summed E-state index contributed by atoms with van der Waals surface area (Å²) < 4.78 is 13.2. The number of hydrogen-bond acceptors (Lipinski definition) is 3. The fourth-order valence-corrected chi connectivity index (χ4v) is 2.14. The monoisotopic (exact) mass is 235 g/mol. The first-order valence-corrected chi connectivity index (χ1v) is 5.90. The summed E-state index contributed by atoms with van der Waals surface area (Å²) in [5.41, 5.74) is 6.81. The lowest BCUT2D eigenvalue weighted by atomic mass is 10.0. The number of halogens is 1. The van der Waals surface area contributed by atoms with Gasteiger partial charge in [-0.3, -0.25) is 4.99 Å². The second kappa shape index (κ2) is 4.73. The number of rotatable bonds is 3. The minimum absolute atomic E-state index is 0.0769. The first-order valence-electron chi connectivity index (χ1n) is 5.90. The van der Waals surface area contributed by atoms with E-state index >= 15 is 0 Å². The quantitative estimate of drug-likeness (QED) is 0.872.